The van der Waals surface area contributed by atoms with Gasteiger partial charge in [0, 0.05) is 10.2 Å². The quantitative estimate of drug-likeness (QED) is 0.834. The number of methoxy groups -OCH3 is 1. The van der Waals surface area contributed by atoms with Crippen molar-refractivity contribution in [2.75, 3.05) is 17.3 Å². The third-order valence-corrected chi connectivity index (χ3v) is 4.19. The van der Waals surface area contributed by atoms with Crippen molar-refractivity contribution in [3.8, 4) is 5.75 Å². The molecule has 23 heavy (non-hydrogen) atoms. The van der Waals surface area contributed by atoms with Crippen molar-refractivity contribution in [3.63, 3.8) is 0 Å². The lowest BCUT2D eigenvalue weighted by Gasteiger charge is -2.16. The topological polar surface area (TPSA) is 58.6 Å². The maximum atomic E-state index is 12.5. The predicted octanol–water partition coefficient (Wildman–Crippen LogP) is 3.20. The zero-order valence-corrected chi connectivity index (χ0v) is 14.0. The molecule has 1 heterocycles. The van der Waals surface area contributed by atoms with E-state index in [1.165, 1.54) is 4.90 Å². The van der Waals surface area contributed by atoms with Crippen molar-refractivity contribution in [1.82, 2.24) is 0 Å². The number of hydrogen-bond donors (Lipinski definition) is 1. The van der Waals surface area contributed by atoms with Crippen LogP contribution in [0.15, 0.2) is 53.0 Å². The minimum Gasteiger partial charge on any atom is -0.497 e. The van der Waals surface area contributed by atoms with Gasteiger partial charge in [-0.3, -0.25) is 9.59 Å². The number of nitrogens with one attached hydrogen (secondary N) is 1. The molecule has 1 aliphatic rings. The molecule has 1 saturated heterocycles. The minimum absolute atomic E-state index is 0.140. The molecule has 5 nitrogen and oxygen atoms in total. The first-order valence-corrected chi connectivity index (χ1v) is 7.91. The molecule has 3 rings (SSSR count). The molecule has 1 aliphatic heterocycles. The first-order valence-electron chi connectivity index (χ1n) is 7.11. The summed E-state index contributed by atoms with van der Waals surface area (Å²) in [5.41, 5.74) is 1.36. The van der Waals surface area contributed by atoms with Crippen LogP contribution in [0.1, 0.15) is 6.42 Å². The van der Waals surface area contributed by atoms with Crippen LogP contribution in [0.3, 0.4) is 0 Å². The van der Waals surface area contributed by atoms with E-state index in [1.807, 2.05) is 12.1 Å². The van der Waals surface area contributed by atoms with E-state index >= 15 is 0 Å². The Morgan fingerprint density at radius 3 is 2.35 bits per heavy atom. The van der Waals surface area contributed by atoms with E-state index in [0.29, 0.717) is 5.69 Å². The zero-order valence-electron chi connectivity index (χ0n) is 12.5. The van der Waals surface area contributed by atoms with E-state index in [2.05, 4.69) is 21.2 Å². The third kappa shape index (κ3) is 3.22. The molecule has 1 atom stereocenters. The van der Waals surface area contributed by atoms with Gasteiger partial charge in [0.05, 0.1) is 19.2 Å². The Bertz CT molecular complexity index is 729. The van der Waals surface area contributed by atoms with Crippen LogP contribution in [0.4, 0.5) is 11.4 Å². The summed E-state index contributed by atoms with van der Waals surface area (Å²) < 4.78 is 6.00. The van der Waals surface area contributed by atoms with Gasteiger partial charge in [0.15, 0.2) is 0 Å². The highest BCUT2D eigenvalue weighted by Gasteiger charge is 2.39. The summed E-state index contributed by atoms with van der Waals surface area (Å²) in [4.78, 5) is 26.0. The van der Waals surface area contributed by atoms with Gasteiger partial charge in [-0.2, -0.15) is 0 Å². The first-order chi connectivity index (χ1) is 11.1. The van der Waals surface area contributed by atoms with Crippen LogP contribution in [0, 0.1) is 0 Å². The molecule has 1 fully saturated rings. The van der Waals surface area contributed by atoms with E-state index in [1.54, 1.807) is 43.5 Å². The first kappa shape index (κ1) is 15.6. The third-order valence-electron chi connectivity index (χ3n) is 3.66. The van der Waals surface area contributed by atoms with Gasteiger partial charge in [-0.05, 0) is 48.5 Å². The summed E-state index contributed by atoms with van der Waals surface area (Å²) >= 11 is 3.34. The SMILES string of the molecule is COc1ccc(NC2CC(=O)N(c3ccc(Br)cc3)C2=O)cc1. The number of rotatable bonds is 4. The fraction of sp³-hybridized carbons (Fsp3) is 0.176. The van der Waals surface area contributed by atoms with Crippen LogP contribution in [0.25, 0.3) is 0 Å². The molecule has 2 aromatic carbocycles. The number of hydrogen-bond acceptors (Lipinski definition) is 4. The van der Waals surface area contributed by atoms with Gasteiger partial charge in [0.2, 0.25) is 5.91 Å². The summed E-state index contributed by atoms with van der Waals surface area (Å²) in [7, 11) is 1.59. The lowest BCUT2D eigenvalue weighted by molar-refractivity contribution is -0.121. The average molecular weight is 375 g/mol. The monoisotopic (exact) mass is 374 g/mol. The average Bonchev–Trinajstić information content (AvgIpc) is 2.83. The van der Waals surface area contributed by atoms with Crippen LogP contribution in [-0.4, -0.2) is 25.0 Å². The minimum atomic E-state index is -0.556. The molecule has 1 unspecified atom stereocenters. The summed E-state index contributed by atoms with van der Waals surface area (Å²) in [6, 6.07) is 13.8. The molecular formula is C17H15BrN2O3. The maximum absolute atomic E-state index is 12.5. The molecule has 0 spiro atoms. The summed E-state index contributed by atoms with van der Waals surface area (Å²) in [6.07, 6.45) is 0.140. The number of ether oxygens (including phenoxy) is 1. The van der Waals surface area contributed by atoms with Gasteiger partial charge in [-0.1, -0.05) is 15.9 Å². The van der Waals surface area contributed by atoms with Gasteiger partial charge in [0.25, 0.3) is 5.91 Å². The Morgan fingerprint density at radius 2 is 1.74 bits per heavy atom. The molecule has 0 aliphatic carbocycles. The van der Waals surface area contributed by atoms with Crippen molar-refractivity contribution < 1.29 is 14.3 Å². The second-order valence-corrected chi connectivity index (χ2v) is 6.09. The van der Waals surface area contributed by atoms with Gasteiger partial charge in [0.1, 0.15) is 11.8 Å². The lowest BCUT2D eigenvalue weighted by Crippen LogP contribution is -2.34. The van der Waals surface area contributed by atoms with Crippen molar-refractivity contribution in [3.05, 3.63) is 53.0 Å². The molecule has 6 heteroatoms. The van der Waals surface area contributed by atoms with Crippen molar-refractivity contribution in [2.24, 2.45) is 0 Å². The van der Waals surface area contributed by atoms with Crippen LogP contribution in [-0.2, 0) is 9.59 Å². The van der Waals surface area contributed by atoms with E-state index in [4.69, 9.17) is 4.74 Å². The molecule has 118 valence electrons. The number of nitrogens with zero attached hydrogens (tertiary/aromatic N) is 1. The fourth-order valence-corrected chi connectivity index (χ4v) is 2.76. The highest BCUT2D eigenvalue weighted by Crippen LogP contribution is 2.26. The smallest absolute Gasteiger partial charge is 0.256 e. The Labute approximate surface area is 142 Å². The van der Waals surface area contributed by atoms with E-state index in [0.717, 1.165) is 15.9 Å². The molecule has 0 bridgehead atoms. The number of benzene rings is 2. The van der Waals surface area contributed by atoms with E-state index in [9.17, 15) is 9.59 Å². The normalized spacial score (nSPS) is 17.5. The number of anilines is 2. The molecule has 2 amide bonds. The van der Waals surface area contributed by atoms with Gasteiger partial charge in [-0.25, -0.2) is 4.90 Å². The highest BCUT2D eigenvalue weighted by atomic mass is 79.9. The predicted molar refractivity (Wildman–Crippen MR) is 91.7 cm³/mol. The Hall–Kier alpha value is -2.34. The molecule has 1 N–H and O–H groups in total. The maximum Gasteiger partial charge on any atom is 0.256 e. The van der Waals surface area contributed by atoms with Gasteiger partial charge >= 0.3 is 0 Å². The van der Waals surface area contributed by atoms with E-state index < -0.39 is 6.04 Å². The van der Waals surface area contributed by atoms with Crippen LogP contribution >= 0.6 is 15.9 Å². The van der Waals surface area contributed by atoms with Crippen molar-refractivity contribution >= 4 is 39.1 Å². The number of carbonyl (C=O) groups is 2. The number of carbonyl (C=O) groups excluding carboxylic acids is 2. The van der Waals surface area contributed by atoms with Gasteiger partial charge in [-0.15, -0.1) is 0 Å². The summed E-state index contributed by atoms with van der Waals surface area (Å²) in [5, 5.41) is 3.11. The Morgan fingerprint density at radius 1 is 1.09 bits per heavy atom. The number of amides is 2. The van der Waals surface area contributed by atoms with Crippen LogP contribution in [0.5, 0.6) is 5.75 Å². The Balaban J connectivity index is 1.76. The lowest BCUT2D eigenvalue weighted by atomic mass is 10.2. The number of imide groups is 1. The molecule has 2 aromatic rings. The summed E-state index contributed by atoms with van der Waals surface area (Å²) in [5.74, 6) is 0.289. The number of halogens is 1. The standard InChI is InChI=1S/C17H15BrN2O3/c1-23-14-8-4-12(5-9-14)19-15-10-16(21)20(17(15)22)13-6-2-11(18)3-7-13/h2-9,15,19H,10H2,1H3. The molecule has 0 aromatic heterocycles. The van der Waals surface area contributed by atoms with Gasteiger partial charge < -0.3 is 10.1 Å². The van der Waals surface area contributed by atoms with Crippen LogP contribution in [0.2, 0.25) is 0 Å². The highest BCUT2D eigenvalue weighted by molar-refractivity contribution is 9.10. The molecular weight excluding hydrogens is 360 g/mol. The van der Waals surface area contributed by atoms with E-state index in [-0.39, 0.29) is 18.2 Å². The van der Waals surface area contributed by atoms with Crippen LogP contribution < -0.4 is 15.0 Å². The fourth-order valence-electron chi connectivity index (χ4n) is 2.49. The van der Waals surface area contributed by atoms with Crippen molar-refractivity contribution in [1.29, 1.82) is 0 Å². The second-order valence-electron chi connectivity index (χ2n) is 5.17. The summed E-state index contributed by atoms with van der Waals surface area (Å²) in [6.45, 7) is 0. The Kier molecular flexibility index (Phi) is 4.34. The zero-order chi connectivity index (χ0) is 16.4. The second kappa shape index (κ2) is 6.42. The van der Waals surface area contributed by atoms with Crippen molar-refractivity contribution in [2.45, 2.75) is 12.5 Å². The largest absolute Gasteiger partial charge is 0.497 e. The molecule has 0 saturated carbocycles. The molecule has 0 radical (unpaired) electrons.